The zero-order valence-corrected chi connectivity index (χ0v) is 17.7. The van der Waals surface area contributed by atoms with E-state index in [0.717, 1.165) is 28.2 Å². The predicted octanol–water partition coefficient (Wildman–Crippen LogP) is 6.60. The average Bonchev–Trinajstić information content (AvgIpc) is 2.71. The molecule has 5 nitrogen and oxygen atoms in total. The van der Waals surface area contributed by atoms with Gasteiger partial charge in [-0.2, -0.15) is 0 Å². The molecule has 0 aliphatic rings. The van der Waals surface area contributed by atoms with Crippen molar-refractivity contribution in [3.8, 4) is 0 Å². The van der Waals surface area contributed by atoms with Gasteiger partial charge in [0.05, 0.1) is 0 Å². The lowest BCUT2D eigenvalue weighted by atomic mass is 10.0. The molecular formula is C22H15Cl2N3O2S. The van der Waals surface area contributed by atoms with Crippen LogP contribution in [0.15, 0.2) is 78.0 Å². The molecular weight excluding hydrogens is 441 g/mol. The molecule has 150 valence electrons. The van der Waals surface area contributed by atoms with Crippen LogP contribution in [0.25, 0.3) is 10.8 Å². The number of fused-ring (bicyclic) bond motifs is 1. The van der Waals surface area contributed by atoms with Crippen molar-refractivity contribution in [2.24, 2.45) is 0 Å². The Labute approximate surface area is 187 Å². The van der Waals surface area contributed by atoms with Gasteiger partial charge in [-0.05, 0) is 34.5 Å². The van der Waals surface area contributed by atoms with E-state index in [-0.39, 0.29) is 10.3 Å². The summed E-state index contributed by atoms with van der Waals surface area (Å²) in [6, 6.07) is 22.0. The molecule has 3 aromatic carbocycles. The molecule has 0 aliphatic heterocycles. The number of thioether (sulfide) groups is 1. The molecule has 4 rings (SSSR count). The highest BCUT2D eigenvalue weighted by molar-refractivity contribution is 8.00. The molecule has 1 unspecified atom stereocenters. The summed E-state index contributed by atoms with van der Waals surface area (Å²) in [5, 5.41) is 15.0. The van der Waals surface area contributed by atoms with Crippen LogP contribution in [-0.2, 0) is 4.79 Å². The molecule has 0 aliphatic carbocycles. The molecule has 0 spiro atoms. The van der Waals surface area contributed by atoms with Gasteiger partial charge in [0.25, 0.3) is 0 Å². The van der Waals surface area contributed by atoms with Crippen molar-refractivity contribution >= 4 is 63.2 Å². The molecule has 0 saturated carbocycles. The Morgan fingerprint density at radius 2 is 1.73 bits per heavy atom. The van der Waals surface area contributed by atoms with Crippen molar-refractivity contribution in [3.05, 3.63) is 88.5 Å². The quantitative estimate of drug-likeness (QED) is 0.194. The highest BCUT2D eigenvalue weighted by Crippen LogP contribution is 2.38. The number of hydrogen-bond donors (Lipinski definition) is 2. The lowest BCUT2D eigenvalue weighted by molar-refractivity contribution is -0.136. The van der Waals surface area contributed by atoms with Gasteiger partial charge in [0, 0.05) is 16.8 Å². The number of anilines is 2. The van der Waals surface area contributed by atoms with Gasteiger partial charge in [0.2, 0.25) is 0 Å². The summed E-state index contributed by atoms with van der Waals surface area (Å²) in [7, 11) is 0. The number of benzene rings is 3. The fourth-order valence-corrected chi connectivity index (χ4v) is 4.43. The first kappa shape index (κ1) is 20.5. The van der Waals surface area contributed by atoms with Gasteiger partial charge in [-0.1, -0.05) is 83.5 Å². The number of nitrogens with one attached hydrogen (secondary N) is 1. The molecule has 0 radical (unpaired) electrons. The lowest BCUT2D eigenvalue weighted by Crippen LogP contribution is -2.09. The minimum absolute atomic E-state index is 0.207. The number of rotatable bonds is 6. The van der Waals surface area contributed by atoms with Crippen molar-refractivity contribution in [2.75, 3.05) is 5.32 Å². The number of carbonyl (C=O) groups is 1. The highest BCUT2D eigenvalue weighted by Gasteiger charge is 2.25. The van der Waals surface area contributed by atoms with E-state index in [0.29, 0.717) is 16.4 Å². The maximum absolute atomic E-state index is 12.1. The number of carboxylic acid groups (broad SMARTS) is 1. The Bertz CT molecular complexity index is 1230. The fourth-order valence-electron chi connectivity index (χ4n) is 3.06. The standard InChI is InChI=1S/C22H15Cl2N3O2S/c23-14-7-4-8-15(11-14)25-19-12-18(24)26-22(27-19)30-20(21(28)29)17-10-3-6-13-5-1-2-9-16(13)17/h1-12,20H,(H,28,29)(H,25,26,27). The van der Waals surface area contributed by atoms with Gasteiger partial charge in [0.15, 0.2) is 5.16 Å². The zero-order chi connectivity index (χ0) is 21.1. The van der Waals surface area contributed by atoms with E-state index in [4.69, 9.17) is 23.2 Å². The molecule has 0 saturated heterocycles. The summed E-state index contributed by atoms with van der Waals surface area (Å²) < 4.78 is 0. The van der Waals surface area contributed by atoms with Crippen molar-refractivity contribution in [1.29, 1.82) is 0 Å². The number of halogens is 2. The van der Waals surface area contributed by atoms with Crippen LogP contribution in [0.1, 0.15) is 10.8 Å². The number of nitrogens with zero attached hydrogens (tertiary/aromatic N) is 2. The van der Waals surface area contributed by atoms with E-state index < -0.39 is 11.2 Å². The Morgan fingerprint density at radius 3 is 2.53 bits per heavy atom. The van der Waals surface area contributed by atoms with Crippen molar-refractivity contribution in [1.82, 2.24) is 9.97 Å². The Morgan fingerprint density at radius 1 is 0.967 bits per heavy atom. The first-order chi connectivity index (χ1) is 14.5. The molecule has 30 heavy (non-hydrogen) atoms. The van der Waals surface area contributed by atoms with E-state index in [2.05, 4.69) is 15.3 Å². The second-order valence-corrected chi connectivity index (χ2v) is 8.29. The first-order valence-corrected chi connectivity index (χ1v) is 10.6. The number of carboxylic acids is 1. The number of hydrogen-bond acceptors (Lipinski definition) is 5. The van der Waals surface area contributed by atoms with Crippen molar-refractivity contribution in [3.63, 3.8) is 0 Å². The van der Waals surface area contributed by atoms with E-state index in [9.17, 15) is 9.90 Å². The molecule has 0 fully saturated rings. The number of aliphatic carboxylic acids is 1. The monoisotopic (exact) mass is 455 g/mol. The summed E-state index contributed by atoms with van der Waals surface area (Å²) >= 11 is 13.2. The third kappa shape index (κ3) is 4.67. The van der Waals surface area contributed by atoms with Gasteiger partial charge in [-0.3, -0.25) is 4.79 Å². The Kier molecular flexibility index (Phi) is 6.08. The molecule has 4 aromatic rings. The first-order valence-electron chi connectivity index (χ1n) is 8.94. The molecule has 1 atom stereocenters. The van der Waals surface area contributed by atoms with Gasteiger partial charge in [-0.15, -0.1) is 0 Å². The van der Waals surface area contributed by atoms with Crippen LogP contribution in [-0.4, -0.2) is 21.0 Å². The van der Waals surface area contributed by atoms with Gasteiger partial charge < -0.3 is 10.4 Å². The molecule has 1 heterocycles. The smallest absolute Gasteiger partial charge is 0.321 e. The second kappa shape index (κ2) is 8.92. The summed E-state index contributed by atoms with van der Waals surface area (Å²) in [5.74, 6) is -0.536. The summed E-state index contributed by atoms with van der Waals surface area (Å²) in [6.45, 7) is 0. The molecule has 8 heteroatoms. The Balaban J connectivity index is 1.67. The van der Waals surface area contributed by atoms with Gasteiger partial charge in [-0.25, -0.2) is 9.97 Å². The minimum Gasteiger partial charge on any atom is -0.480 e. The third-order valence-corrected chi connectivity index (χ3v) is 5.84. The minimum atomic E-state index is -0.982. The molecule has 2 N–H and O–H groups in total. The third-order valence-electron chi connectivity index (χ3n) is 4.32. The SMILES string of the molecule is O=C(O)C(Sc1nc(Cl)cc(Nc2cccc(Cl)c2)n1)c1cccc2ccccc12. The van der Waals surface area contributed by atoms with Gasteiger partial charge in [0.1, 0.15) is 16.2 Å². The van der Waals surface area contributed by atoms with Crippen LogP contribution < -0.4 is 5.32 Å². The zero-order valence-electron chi connectivity index (χ0n) is 15.4. The topological polar surface area (TPSA) is 75.1 Å². The molecule has 1 aromatic heterocycles. The largest absolute Gasteiger partial charge is 0.480 e. The van der Waals surface area contributed by atoms with Gasteiger partial charge >= 0.3 is 5.97 Å². The van der Waals surface area contributed by atoms with E-state index in [1.165, 1.54) is 0 Å². The van der Waals surface area contributed by atoms with Crippen LogP contribution in [0.2, 0.25) is 10.2 Å². The number of aromatic nitrogens is 2. The highest BCUT2D eigenvalue weighted by atomic mass is 35.5. The van der Waals surface area contributed by atoms with Crippen LogP contribution in [0.5, 0.6) is 0 Å². The maximum Gasteiger partial charge on any atom is 0.321 e. The van der Waals surface area contributed by atoms with Crippen molar-refractivity contribution < 1.29 is 9.90 Å². The Hall–Kier alpha value is -2.80. The summed E-state index contributed by atoms with van der Waals surface area (Å²) in [6.07, 6.45) is 0. The average molecular weight is 456 g/mol. The van der Waals surface area contributed by atoms with Crippen LogP contribution in [0.4, 0.5) is 11.5 Å². The molecule has 0 amide bonds. The summed E-state index contributed by atoms with van der Waals surface area (Å²) in [4.78, 5) is 20.8. The van der Waals surface area contributed by atoms with Crippen LogP contribution in [0, 0.1) is 0 Å². The van der Waals surface area contributed by atoms with E-state index in [1.807, 2.05) is 54.6 Å². The van der Waals surface area contributed by atoms with E-state index >= 15 is 0 Å². The fraction of sp³-hybridized carbons (Fsp3) is 0.0455. The lowest BCUT2D eigenvalue weighted by Gasteiger charge is -2.15. The van der Waals surface area contributed by atoms with Crippen molar-refractivity contribution in [2.45, 2.75) is 10.4 Å². The van der Waals surface area contributed by atoms with Crippen LogP contribution >= 0.6 is 35.0 Å². The second-order valence-electron chi connectivity index (χ2n) is 6.40. The van der Waals surface area contributed by atoms with E-state index in [1.54, 1.807) is 18.2 Å². The van der Waals surface area contributed by atoms with Crippen LogP contribution in [0.3, 0.4) is 0 Å². The normalized spacial score (nSPS) is 11.9. The molecule has 0 bridgehead atoms. The summed E-state index contributed by atoms with van der Waals surface area (Å²) in [5.41, 5.74) is 1.41. The predicted molar refractivity (Wildman–Crippen MR) is 122 cm³/mol. The maximum atomic E-state index is 12.1.